The lowest BCUT2D eigenvalue weighted by atomic mass is 9.89. The van der Waals surface area contributed by atoms with E-state index >= 15 is 0 Å². The molecule has 3 fully saturated rings. The van der Waals surface area contributed by atoms with Gasteiger partial charge in [0.1, 0.15) is 17.7 Å². The van der Waals surface area contributed by atoms with Crippen molar-refractivity contribution in [3.05, 3.63) is 36.2 Å². The van der Waals surface area contributed by atoms with E-state index in [1.165, 1.54) is 5.69 Å². The molecule has 0 spiro atoms. The Labute approximate surface area is 203 Å². The molecule has 5 heterocycles. The Bertz CT molecular complexity index is 1250. The molecule has 3 aliphatic heterocycles. The van der Waals surface area contributed by atoms with Crippen LogP contribution in [-0.2, 0) is 16.1 Å². The molecule has 0 amide bonds. The van der Waals surface area contributed by atoms with Gasteiger partial charge in [0.25, 0.3) is 0 Å². The van der Waals surface area contributed by atoms with Crippen LogP contribution in [0.5, 0.6) is 0 Å². The molecule has 1 saturated carbocycles. The molecule has 1 aliphatic carbocycles. The van der Waals surface area contributed by atoms with Crippen LogP contribution in [0.15, 0.2) is 30.6 Å². The van der Waals surface area contributed by atoms with Crippen molar-refractivity contribution in [2.45, 2.75) is 63.0 Å². The van der Waals surface area contributed by atoms with E-state index in [1.54, 1.807) is 10.9 Å². The van der Waals surface area contributed by atoms with Gasteiger partial charge in [-0.1, -0.05) is 0 Å². The third-order valence-corrected chi connectivity index (χ3v) is 7.76. The van der Waals surface area contributed by atoms with Crippen LogP contribution < -0.4 is 20.9 Å². The van der Waals surface area contributed by atoms with Crippen LogP contribution in [0.2, 0.25) is 0 Å². The molecule has 6 bridgehead atoms. The summed E-state index contributed by atoms with van der Waals surface area (Å²) in [6, 6.07) is 8.59. The third kappa shape index (κ3) is 3.81. The van der Waals surface area contributed by atoms with Crippen molar-refractivity contribution in [1.82, 2.24) is 19.9 Å². The van der Waals surface area contributed by atoms with Crippen molar-refractivity contribution in [2.24, 2.45) is 0 Å². The van der Waals surface area contributed by atoms with Crippen molar-refractivity contribution in [2.75, 3.05) is 35.7 Å². The van der Waals surface area contributed by atoms with Gasteiger partial charge < -0.3 is 30.1 Å². The maximum Gasteiger partial charge on any atom is 0.190 e. The first-order valence-corrected chi connectivity index (χ1v) is 12.6. The zero-order chi connectivity index (χ0) is 23.5. The van der Waals surface area contributed by atoms with E-state index in [1.807, 2.05) is 13.1 Å². The molecular formula is C25H31N7O3. The summed E-state index contributed by atoms with van der Waals surface area (Å²) in [4.78, 5) is 11.8. The van der Waals surface area contributed by atoms with Crippen LogP contribution >= 0.6 is 0 Å². The molecule has 2 saturated heterocycles. The fraction of sp³-hybridized carbons (Fsp3) is 0.520. The summed E-state index contributed by atoms with van der Waals surface area (Å²) in [5, 5.41) is 21.0. The van der Waals surface area contributed by atoms with Crippen molar-refractivity contribution in [3.63, 3.8) is 0 Å². The Hall–Kier alpha value is -2.92. The molecule has 184 valence electrons. The van der Waals surface area contributed by atoms with Gasteiger partial charge in [-0.3, -0.25) is 9.88 Å². The van der Waals surface area contributed by atoms with Crippen molar-refractivity contribution in [1.29, 1.82) is 0 Å². The van der Waals surface area contributed by atoms with E-state index < -0.39 is 6.35 Å². The number of benzene rings is 1. The average Bonchev–Trinajstić information content (AvgIpc) is 3.43. The van der Waals surface area contributed by atoms with Gasteiger partial charge in [-0.15, -0.1) is 0 Å². The molecule has 10 nitrogen and oxygen atoms in total. The minimum absolute atomic E-state index is 0.0538. The summed E-state index contributed by atoms with van der Waals surface area (Å²) >= 11 is 0. The van der Waals surface area contributed by atoms with Crippen LogP contribution in [0.25, 0.3) is 11.2 Å². The third-order valence-electron chi connectivity index (χ3n) is 7.76. The van der Waals surface area contributed by atoms with Crippen LogP contribution in [-0.4, -0.2) is 64.1 Å². The van der Waals surface area contributed by atoms with Crippen LogP contribution in [0, 0.1) is 0 Å². The Balaban J connectivity index is 1.31. The second kappa shape index (κ2) is 8.34. The number of nitrogens with one attached hydrogen (secondary N) is 3. The zero-order valence-electron chi connectivity index (χ0n) is 19.8. The smallest absolute Gasteiger partial charge is 0.190 e. The van der Waals surface area contributed by atoms with Crippen molar-refractivity contribution >= 4 is 34.0 Å². The highest BCUT2D eigenvalue weighted by atomic mass is 16.5. The fourth-order valence-corrected chi connectivity index (χ4v) is 5.76. The maximum absolute atomic E-state index is 10.9. The number of morpholine rings is 1. The second-order valence-corrected chi connectivity index (χ2v) is 10.1. The Morgan fingerprint density at radius 2 is 1.94 bits per heavy atom. The highest BCUT2D eigenvalue weighted by Crippen LogP contribution is 2.34. The van der Waals surface area contributed by atoms with Gasteiger partial charge >= 0.3 is 0 Å². The monoisotopic (exact) mass is 477 g/mol. The summed E-state index contributed by atoms with van der Waals surface area (Å²) in [7, 11) is 1.87. The van der Waals surface area contributed by atoms with Gasteiger partial charge in [-0.25, -0.2) is 9.97 Å². The lowest BCUT2D eigenvalue weighted by Gasteiger charge is -2.38. The highest BCUT2D eigenvalue weighted by molar-refractivity contribution is 5.88. The predicted octanol–water partition coefficient (Wildman–Crippen LogP) is 2.68. The number of anilines is 4. The quantitative estimate of drug-likeness (QED) is 0.443. The Morgan fingerprint density at radius 3 is 2.71 bits per heavy atom. The normalized spacial score (nSPS) is 29.9. The maximum atomic E-state index is 10.9. The first-order chi connectivity index (χ1) is 17.1. The topological polar surface area (TPSA) is 109 Å². The number of rotatable bonds is 2. The molecule has 2 aromatic heterocycles. The summed E-state index contributed by atoms with van der Waals surface area (Å²) in [6.07, 6.45) is 5.59. The number of aromatic nitrogens is 3. The van der Waals surface area contributed by atoms with Gasteiger partial charge in [-0.05, 0) is 49.4 Å². The van der Waals surface area contributed by atoms with Crippen molar-refractivity contribution in [3.8, 4) is 0 Å². The first-order valence-electron chi connectivity index (χ1n) is 12.6. The molecule has 3 aromatic rings. The van der Waals surface area contributed by atoms with Crippen LogP contribution in [0.3, 0.4) is 0 Å². The molecule has 10 heteroatoms. The Kier molecular flexibility index (Phi) is 5.09. The lowest BCUT2D eigenvalue weighted by molar-refractivity contribution is -0.0636. The second-order valence-electron chi connectivity index (χ2n) is 10.1. The number of imidazole rings is 1. The molecule has 5 atom stereocenters. The van der Waals surface area contributed by atoms with E-state index in [0.29, 0.717) is 35.8 Å². The number of hydrogen-bond donors (Lipinski definition) is 4. The minimum atomic E-state index is -0.937. The standard InChI is InChI=1S/C25H31N7O3/c1-26-20-9-22-28-15-6-14(7-16(8-15)31-10-17-2-3-18(11-31)35-17)12-34-21-5-4-19(21)29-25(33)32-13-27-23(20)24(32)30-22/h6-9,13,17-19,21,25,29,33H,2-5,10-12H2,1H3,(H2,26,28,30)/t17?,18?,19-,21-,25?/m1/s1. The molecule has 3 unspecified atom stereocenters. The van der Waals surface area contributed by atoms with Crippen LogP contribution in [0.4, 0.5) is 22.9 Å². The molecule has 0 radical (unpaired) electrons. The highest BCUT2D eigenvalue weighted by Gasteiger charge is 2.35. The fourth-order valence-electron chi connectivity index (χ4n) is 5.76. The molecular weight excluding hydrogens is 446 g/mol. The SMILES string of the molecule is CNc1cc2nc3c1ncn3C(O)N[C@@H]1CC[C@H]1OCc1cc(cc(N3CC4CCC(C3)O4)c1)N2. The Morgan fingerprint density at radius 1 is 1.09 bits per heavy atom. The summed E-state index contributed by atoms with van der Waals surface area (Å²) in [5.74, 6) is 0.681. The van der Waals surface area contributed by atoms with Gasteiger partial charge in [0.05, 0.1) is 30.6 Å². The molecule has 35 heavy (non-hydrogen) atoms. The number of hydrogen-bond acceptors (Lipinski definition) is 9. The summed E-state index contributed by atoms with van der Waals surface area (Å²) < 4.78 is 14.1. The van der Waals surface area contributed by atoms with E-state index in [9.17, 15) is 5.11 Å². The van der Waals surface area contributed by atoms with E-state index in [0.717, 1.165) is 55.7 Å². The van der Waals surface area contributed by atoms with Gasteiger partial charge in [0.15, 0.2) is 12.0 Å². The van der Waals surface area contributed by atoms with Gasteiger partial charge in [0, 0.05) is 43.6 Å². The number of ether oxygens (including phenoxy) is 2. The number of nitrogens with zero attached hydrogens (tertiary/aromatic N) is 4. The molecule has 7 rings (SSSR count). The zero-order valence-corrected chi connectivity index (χ0v) is 19.8. The number of pyridine rings is 1. The summed E-state index contributed by atoms with van der Waals surface area (Å²) in [5.41, 5.74) is 5.42. The number of aliphatic hydroxyl groups excluding tert-OH is 1. The summed E-state index contributed by atoms with van der Waals surface area (Å²) in [6.45, 7) is 2.35. The largest absolute Gasteiger partial charge is 0.386 e. The number of aliphatic hydroxyl groups is 1. The van der Waals surface area contributed by atoms with E-state index in [4.69, 9.17) is 14.5 Å². The van der Waals surface area contributed by atoms with E-state index in [2.05, 4.69) is 44.0 Å². The first kappa shape index (κ1) is 21.4. The molecule has 4 aliphatic rings. The molecule has 4 N–H and O–H groups in total. The lowest BCUT2D eigenvalue weighted by Crippen LogP contribution is -2.51. The van der Waals surface area contributed by atoms with Crippen LogP contribution in [0.1, 0.15) is 37.6 Å². The minimum Gasteiger partial charge on any atom is -0.386 e. The number of fused-ring (bicyclic) bond motifs is 6. The molecule has 1 aromatic carbocycles. The van der Waals surface area contributed by atoms with Gasteiger partial charge in [-0.2, -0.15) is 0 Å². The predicted molar refractivity (Wildman–Crippen MR) is 133 cm³/mol. The van der Waals surface area contributed by atoms with E-state index in [-0.39, 0.29) is 12.1 Å². The van der Waals surface area contributed by atoms with Crippen molar-refractivity contribution < 1.29 is 14.6 Å². The average molecular weight is 478 g/mol. The van der Waals surface area contributed by atoms with Gasteiger partial charge in [0.2, 0.25) is 0 Å².